The molecule has 1 N–H and O–H groups in total. The van der Waals surface area contributed by atoms with Crippen LogP contribution in [-0.2, 0) is 13.5 Å². The summed E-state index contributed by atoms with van der Waals surface area (Å²) < 4.78 is 1.68. The SMILES string of the molecule is Cn1cc(Cl)cc1C(=O)Nc1ncc(Cc2ccccc2Cl)s1. The first kappa shape index (κ1) is 16.1. The summed E-state index contributed by atoms with van der Waals surface area (Å²) in [5.41, 5.74) is 1.52. The fraction of sp³-hybridized carbons (Fsp3) is 0.125. The highest BCUT2D eigenvalue weighted by Gasteiger charge is 2.13. The second kappa shape index (κ2) is 6.74. The molecule has 0 unspecified atom stereocenters. The number of anilines is 1. The molecule has 3 aromatic rings. The highest BCUT2D eigenvalue weighted by atomic mass is 35.5. The van der Waals surface area contributed by atoms with Gasteiger partial charge in [-0.15, -0.1) is 11.3 Å². The first-order chi connectivity index (χ1) is 11.0. The topological polar surface area (TPSA) is 46.9 Å². The number of amides is 1. The van der Waals surface area contributed by atoms with Crippen LogP contribution in [0.5, 0.6) is 0 Å². The van der Waals surface area contributed by atoms with Gasteiger partial charge in [0.15, 0.2) is 5.13 Å². The minimum absolute atomic E-state index is 0.238. The number of nitrogens with zero attached hydrogens (tertiary/aromatic N) is 2. The number of rotatable bonds is 4. The van der Waals surface area contributed by atoms with Crippen LogP contribution in [0, 0.1) is 0 Å². The lowest BCUT2D eigenvalue weighted by molar-refractivity contribution is 0.101. The Balaban J connectivity index is 1.71. The largest absolute Gasteiger partial charge is 0.345 e. The Kier molecular flexibility index (Phi) is 4.71. The lowest BCUT2D eigenvalue weighted by Crippen LogP contribution is -2.14. The molecule has 0 spiro atoms. The highest BCUT2D eigenvalue weighted by molar-refractivity contribution is 7.15. The maximum Gasteiger partial charge on any atom is 0.274 e. The molecule has 118 valence electrons. The first-order valence-electron chi connectivity index (χ1n) is 6.84. The summed E-state index contributed by atoms with van der Waals surface area (Å²) in [7, 11) is 1.77. The molecule has 2 heterocycles. The summed E-state index contributed by atoms with van der Waals surface area (Å²) >= 11 is 13.5. The van der Waals surface area contributed by atoms with E-state index in [2.05, 4.69) is 10.3 Å². The summed E-state index contributed by atoms with van der Waals surface area (Å²) in [6.45, 7) is 0. The molecule has 3 rings (SSSR count). The third-order valence-corrected chi connectivity index (χ3v) is 4.79. The number of halogens is 2. The molecule has 2 aromatic heterocycles. The zero-order valence-corrected chi connectivity index (χ0v) is 14.5. The van der Waals surface area contributed by atoms with Crippen molar-refractivity contribution >= 4 is 45.6 Å². The van der Waals surface area contributed by atoms with E-state index in [0.29, 0.717) is 22.3 Å². The minimum Gasteiger partial charge on any atom is -0.345 e. The van der Waals surface area contributed by atoms with Crippen LogP contribution in [0.15, 0.2) is 42.7 Å². The number of benzene rings is 1. The van der Waals surface area contributed by atoms with E-state index in [1.807, 2.05) is 24.3 Å². The van der Waals surface area contributed by atoms with Crippen LogP contribution in [0.3, 0.4) is 0 Å². The molecule has 0 aliphatic rings. The van der Waals surface area contributed by atoms with Gasteiger partial charge in [0, 0.05) is 35.8 Å². The average molecular weight is 366 g/mol. The van der Waals surface area contributed by atoms with E-state index < -0.39 is 0 Å². The molecule has 0 fully saturated rings. The summed E-state index contributed by atoms with van der Waals surface area (Å²) in [6.07, 6.45) is 4.12. The Morgan fingerprint density at radius 3 is 2.83 bits per heavy atom. The number of hydrogen-bond donors (Lipinski definition) is 1. The number of carbonyl (C=O) groups is 1. The van der Waals surface area contributed by atoms with Crippen molar-refractivity contribution in [3.8, 4) is 0 Å². The van der Waals surface area contributed by atoms with Crippen molar-refractivity contribution in [1.82, 2.24) is 9.55 Å². The Morgan fingerprint density at radius 2 is 2.13 bits per heavy atom. The van der Waals surface area contributed by atoms with Crippen LogP contribution in [-0.4, -0.2) is 15.5 Å². The normalized spacial score (nSPS) is 10.7. The lowest BCUT2D eigenvalue weighted by atomic mass is 10.1. The Labute approximate surface area is 147 Å². The predicted molar refractivity (Wildman–Crippen MR) is 94.7 cm³/mol. The number of hydrogen-bond acceptors (Lipinski definition) is 3. The van der Waals surface area contributed by atoms with Crippen molar-refractivity contribution < 1.29 is 4.79 Å². The van der Waals surface area contributed by atoms with E-state index in [4.69, 9.17) is 23.2 Å². The molecule has 0 aliphatic heterocycles. The molecule has 0 saturated heterocycles. The maximum atomic E-state index is 12.2. The van der Waals surface area contributed by atoms with Gasteiger partial charge in [0.25, 0.3) is 5.91 Å². The number of carbonyl (C=O) groups excluding carboxylic acids is 1. The van der Waals surface area contributed by atoms with Gasteiger partial charge in [-0.1, -0.05) is 41.4 Å². The van der Waals surface area contributed by atoms with Gasteiger partial charge in [0.2, 0.25) is 0 Å². The molecule has 0 bridgehead atoms. The van der Waals surface area contributed by atoms with Gasteiger partial charge in [-0.25, -0.2) is 4.98 Å². The van der Waals surface area contributed by atoms with Gasteiger partial charge in [-0.05, 0) is 17.7 Å². The standard InChI is InChI=1S/C16H13Cl2N3OS/c1-21-9-11(17)7-14(21)15(22)20-16-19-8-12(23-16)6-10-4-2-3-5-13(10)18/h2-5,7-9H,6H2,1H3,(H,19,20,22). The maximum absolute atomic E-state index is 12.2. The van der Waals surface area contributed by atoms with Gasteiger partial charge in [0.05, 0.1) is 5.02 Å². The molecule has 1 aromatic carbocycles. The summed E-state index contributed by atoms with van der Waals surface area (Å²) in [4.78, 5) is 17.5. The molecule has 0 saturated carbocycles. The van der Waals surface area contributed by atoms with Crippen LogP contribution < -0.4 is 5.32 Å². The number of aromatic nitrogens is 2. The molecule has 0 radical (unpaired) electrons. The van der Waals surface area contributed by atoms with Gasteiger partial charge in [-0.3, -0.25) is 10.1 Å². The number of thiazole rings is 1. The molecule has 1 amide bonds. The lowest BCUT2D eigenvalue weighted by Gasteiger charge is -2.02. The molecule has 23 heavy (non-hydrogen) atoms. The number of nitrogens with one attached hydrogen (secondary N) is 1. The summed E-state index contributed by atoms with van der Waals surface area (Å²) in [5, 5.41) is 4.59. The quantitative estimate of drug-likeness (QED) is 0.732. The van der Waals surface area contributed by atoms with E-state index in [1.165, 1.54) is 11.3 Å². The third kappa shape index (κ3) is 3.75. The van der Waals surface area contributed by atoms with E-state index in [1.54, 1.807) is 30.1 Å². The second-order valence-corrected chi connectivity index (χ2v) is 6.97. The molecule has 0 atom stereocenters. The van der Waals surface area contributed by atoms with E-state index in [-0.39, 0.29) is 5.91 Å². The van der Waals surface area contributed by atoms with Crippen molar-refractivity contribution in [1.29, 1.82) is 0 Å². The minimum atomic E-state index is -0.238. The second-order valence-electron chi connectivity index (χ2n) is 5.01. The van der Waals surface area contributed by atoms with Crippen LogP contribution in [0.1, 0.15) is 20.9 Å². The Bertz CT molecular complexity index is 857. The smallest absolute Gasteiger partial charge is 0.274 e. The van der Waals surface area contributed by atoms with E-state index in [0.717, 1.165) is 15.5 Å². The van der Waals surface area contributed by atoms with Crippen molar-refractivity contribution in [3.63, 3.8) is 0 Å². The average Bonchev–Trinajstić information content (AvgIpc) is 3.07. The Hall–Kier alpha value is -1.82. The fourth-order valence-corrected chi connectivity index (χ4v) is 3.47. The summed E-state index contributed by atoms with van der Waals surface area (Å²) in [5.74, 6) is -0.238. The monoisotopic (exact) mass is 365 g/mol. The van der Waals surface area contributed by atoms with Crippen LogP contribution >= 0.6 is 34.5 Å². The third-order valence-electron chi connectivity index (χ3n) is 3.30. The molecule has 4 nitrogen and oxygen atoms in total. The molecular weight excluding hydrogens is 353 g/mol. The van der Waals surface area contributed by atoms with Crippen LogP contribution in [0.2, 0.25) is 10.0 Å². The van der Waals surface area contributed by atoms with Gasteiger partial charge < -0.3 is 4.57 Å². The predicted octanol–water partition coefficient (Wildman–Crippen LogP) is 4.63. The molecule has 7 heteroatoms. The summed E-state index contributed by atoms with van der Waals surface area (Å²) in [6, 6.07) is 9.31. The molecule has 0 aliphatic carbocycles. The number of aryl methyl sites for hydroxylation is 1. The Morgan fingerprint density at radius 1 is 1.35 bits per heavy atom. The van der Waals surface area contributed by atoms with Gasteiger partial charge in [0.1, 0.15) is 5.69 Å². The van der Waals surface area contributed by atoms with Crippen molar-refractivity contribution in [2.24, 2.45) is 7.05 Å². The van der Waals surface area contributed by atoms with E-state index in [9.17, 15) is 4.79 Å². The van der Waals surface area contributed by atoms with Crippen LogP contribution in [0.4, 0.5) is 5.13 Å². The van der Waals surface area contributed by atoms with E-state index >= 15 is 0 Å². The molecular formula is C16H13Cl2N3OS. The zero-order valence-electron chi connectivity index (χ0n) is 12.2. The van der Waals surface area contributed by atoms with Crippen LogP contribution in [0.25, 0.3) is 0 Å². The fourth-order valence-electron chi connectivity index (χ4n) is 2.19. The van der Waals surface area contributed by atoms with Gasteiger partial charge >= 0.3 is 0 Å². The van der Waals surface area contributed by atoms with Crippen molar-refractivity contribution in [3.05, 3.63) is 68.9 Å². The van der Waals surface area contributed by atoms with Crippen molar-refractivity contribution in [2.45, 2.75) is 6.42 Å². The van der Waals surface area contributed by atoms with Crippen molar-refractivity contribution in [2.75, 3.05) is 5.32 Å². The zero-order chi connectivity index (χ0) is 16.4. The highest BCUT2D eigenvalue weighted by Crippen LogP contribution is 2.25. The van der Waals surface area contributed by atoms with Gasteiger partial charge in [-0.2, -0.15) is 0 Å². The first-order valence-corrected chi connectivity index (χ1v) is 8.41.